The Morgan fingerprint density at radius 2 is 1.65 bits per heavy atom. The number of aliphatic carboxylic acids is 1. The van der Waals surface area contributed by atoms with Crippen LogP contribution in [0.4, 0.5) is 5.69 Å². The number of carbonyl (C=O) groups excluding carboxylic acids is 2. The number of carboxylic acid groups (broad SMARTS) is 1. The molecule has 1 aliphatic heterocycles. The number of para-hydroxylation sites is 1. The van der Waals surface area contributed by atoms with Crippen molar-refractivity contribution in [3.63, 3.8) is 0 Å². The largest absolute Gasteiger partial charge is 0.481 e. The van der Waals surface area contributed by atoms with Crippen molar-refractivity contribution in [3.8, 4) is 11.1 Å². The first kappa shape index (κ1) is 36.6. The molecule has 0 saturated carbocycles. The van der Waals surface area contributed by atoms with E-state index in [2.05, 4.69) is 58.2 Å². The molecule has 0 aromatic heterocycles. The lowest BCUT2D eigenvalue weighted by Gasteiger charge is -2.35. The number of anilines is 1. The zero-order chi connectivity index (χ0) is 38.5. The van der Waals surface area contributed by atoms with Gasteiger partial charge in [-0.2, -0.15) is 5.10 Å². The highest BCUT2D eigenvalue weighted by molar-refractivity contribution is 6.05. The van der Waals surface area contributed by atoms with Crippen molar-refractivity contribution in [2.24, 2.45) is 20.9 Å². The third-order valence-electron chi connectivity index (χ3n) is 10.4. The third kappa shape index (κ3) is 7.68. The first-order chi connectivity index (χ1) is 26.7. The van der Waals surface area contributed by atoms with Crippen LogP contribution in [0.3, 0.4) is 0 Å². The van der Waals surface area contributed by atoms with Gasteiger partial charge in [0.05, 0.1) is 30.0 Å². The summed E-state index contributed by atoms with van der Waals surface area (Å²) in [4.78, 5) is 45.7. The molecule has 274 valence electrons. The molecule has 0 radical (unpaired) electrons. The Morgan fingerprint density at radius 3 is 2.44 bits per heavy atom. The topological polar surface area (TPSA) is 147 Å². The van der Waals surface area contributed by atoms with Gasteiger partial charge in [0.25, 0.3) is 5.91 Å². The summed E-state index contributed by atoms with van der Waals surface area (Å²) in [5.74, 6) is 4.34. The van der Waals surface area contributed by atoms with Crippen LogP contribution >= 0.6 is 0 Å². The molecule has 3 atom stereocenters. The van der Waals surface area contributed by atoms with E-state index in [1.807, 2.05) is 72.8 Å². The lowest BCUT2D eigenvalue weighted by molar-refractivity contribution is -0.137. The van der Waals surface area contributed by atoms with Crippen LogP contribution in [0.1, 0.15) is 80.9 Å². The van der Waals surface area contributed by atoms with Crippen molar-refractivity contribution in [3.05, 3.63) is 165 Å². The highest BCUT2D eigenvalue weighted by atomic mass is 16.4. The average molecular weight is 728 g/mol. The first-order valence-corrected chi connectivity index (χ1v) is 18.3. The fourth-order valence-corrected chi connectivity index (χ4v) is 7.86. The molecule has 0 saturated heterocycles. The molecule has 3 aliphatic rings. The Hall–Kier alpha value is -6.74. The summed E-state index contributed by atoms with van der Waals surface area (Å²) >= 11 is 0. The molecule has 9 heteroatoms. The number of benzene rings is 5. The summed E-state index contributed by atoms with van der Waals surface area (Å²) < 4.78 is 0. The van der Waals surface area contributed by atoms with Gasteiger partial charge in [-0.3, -0.25) is 24.4 Å². The number of hydrogen-bond donors (Lipinski definition) is 3. The molecule has 9 nitrogen and oxygen atoms in total. The number of Topliss-reactive ketones (excluding diaryl/α,β-unsaturated/α-hetero) is 1. The molecular formula is C46H41N5O4. The van der Waals surface area contributed by atoms with Gasteiger partial charge in [0.15, 0.2) is 0 Å². The summed E-state index contributed by atoms with van der Waals surface area (Å²) in [7, 11) is 0. The van der Waals surface area contributed by atoms with Crippen LogP contribution in [0.5, 0.6) is 0 Å². The summed E-state index contributed by atoms with van der Waals surface area (Å²) in [5.41, 5.74) is 11.3. The second-order valence-corrected chi connectivity index (χ2v) is 13.9. The number of nitrogens with zero attached hydrogens (tertiary/aromatic N) is 3. The van der Waals surface area contributed by atoms with E-state index >= 15 is 0 Å². The number of carbonyl (C=O) groups is 3. The van der Waals surface area contributed by atoms with Crippen LogP contribution in [0.25, 0.3) is 23.4 Å². The molecule has 0 fully saturated rings. The van der Waals surface area contributed by atoms with E-state index in [-0.39, 0.29) is 36.0 Å². The summed E-state index contributed by atoms with van der Waals surface area (Å²) in [6, 6.07) is 32.9. The lowest BCUT2D eigenvalue weighted by atomic mass is 9.68. The number of amides is 1. The number of nitrogens with two attached hydrogens (primary N) is 1. The van der Waals surface area contributed by atoms with E-state index in [0.717, 1.165) is 68.0 Å². The molecule has 5 aromatic rings. The Balaban J connectivity index is 0.000000259. The molecular weight excluding hydrogens is 687 g/mol. The second kappa shape index (κ2) is 16.1. The summed E-state index contributed by atoms with van der Waals surface area (Å²) in [5, 5.41) is 17.0. The van der Waals surface area contributed by atoms with Gasteiger partial charge in [0.2, 0.25) is 0 Å². The Kier molecular flexibility index (Phi) is 10.7. The van der Waals surface area contributed by atoms with Gasteiger partial charge in [-0.1, -0.05) is 98.4 Å². The van der Waals surface area contributed by atoms with Gasteiger partial charge in [0.1, 0.15) is 5.78 Å². The summed E-state index contributed by atoms with van der Waals surface area (Å²) in [6.07, 6.45) is 8.74. The van der Waals surface area contributed by atoms with E-state index < -0.39 is 5.97 Å². The number of hydrogen-bond acceptors (Lipinski definition) is 7. The maximum atomic E-state index is 13.6. The molecule has 5 aromatic carbocycles. The molecule has 0 bridgehead atoms. The average Bonchev–Trinajstić information content (AvgIpc) is 3.40. The number of hydrazone groups is 1. The minimum atomic E-state index is -0.866. The third-order valence-corrected chi connectivity index (χ3v) is 10.4. The molecule has 1 amide bonds. The quantitative estimate of drug-likeness (QED) is 0.0957. The number of aliphatic imine (C=N–C) groups is 1. The number of rotatable bonds is 7. The van der Waals surface area contributed by atoms with Crippen LogP contribution in [-0.4, -0.2) is 41.2 Å². The van der Waals surface area contributed by atoms with Crippen LogP contribution in [0, 0.1) is 0 Å². The highest BCUT2D eigenvalue weighted by Crippen LogP contribution is 2.48. The molecule has 1 heterocycles. The van der Waals surface area contributed by atoms with Gasteiger partial charge >= 0.3 is 5.97 Å². The van der Waals surface area contributed by atoms with Crippen LogP contribution < -0.4 is 21.7 Å². The predicted octanol–water partition coefficient (Wildman–Crippen LogP) is 6.82. The predicted molar refractivity (Wildman–Crippen MR) is 218 cm³/mol. The van der Waals surface area contributed by atoms with Crippen molar-refractivity contribution in [1.82, 2.24) is 0 Å². The van der Waals surface area contributed by atoms with Crippen molar-refractivity contribution in [2.75, 3.05) is 5.32 Å². The Labute approximate surface area is 319 Å². The minimum absolute atomic E-state index is 0.0221. The maximum Gasteiger partial charge on any atom is 0.305 e. The molecule has 0 spiro atoms. The molecule has 8 rings (SSSR count). The number of carboxylic acids is 1. The van der Waals surface area contributed by atoms with Crippen molar-refractivity contribution < 1.29 is 19.5 Å². The molecule has 55 heavy (non-hydrogen) atoms. The van der Waals surface area contributed by atoms with Gasteiger partial charge in [-0.05, 0) is 93.1 Å². The Morgan fingerprint density at radius 1 is 0.909 bits per heavy atom. The molecule has 2 aliphatic carbocycles. The molecule has 3 unspecified atom stereocenters. The zero-order valence-electron chi connectivity index (χ0n) is 30.5. The van der Waals surface area contributed by atoms with Crippen LogP contribution in [0.15, 0.2) is 125 Å². The van der Waals surface area contributed by atoms with E-state index in [1.165, 1.54) is 11.1 Å². The summed E-state index contributed by atoms with van der Waals surface area (Å²) in [6.45, 7) is 6.16. The smallest absolute Gasteiger partial charge is 0.305 e. The maximum absolute atomic E-state index is 13.6. The van der Waals surface area contributed by atoms with Gasteiger partial charge in [-0.15, -0.1) is 0 Å². The van der Waals surface area contributed by atoms with Crippen molar-refractivity contribution >= 4 is 48.1 Å². The van der Waals surface area contributed by atoms with Gasteiger partial charge in [-0.25, -0.2) is 0 Å². The zero-order valence-corrected chi connectivity index (χ0v) is 30.5. The number of ketones is 1. The van der Waals surface area contributed by atoms with E-state index in [1.54, 1.807) is 30.8 Å². The lowest BCUT2D eigenvalue weighted by Crippen LogP contribution is -2.27. The minimum Gasteiger partial charge on any atom is -0.481 e. The second-order valence-electron chi connectivity index (χ2n) is 13.9. The van der Waals surface area contributed by atoms with Crippen molar-refractivity contribution in [2.45, 2.75) is 50.5 Å². The Bertz CT molecular complexity index is 2500. The van der Waals surface area contributed by atoms with Crippen molar-refractivity contribution in [1.29, 1.82) is 0 Å². The standard InChI is InChI=1S/C35H31N3O2.C11H10N2O2/c1-3-23-7-4-5-8-26(23)34-32(39)19-21(2)25-15-16-28-27-9-6-10-31(29(27)17-18-30(28)33(25)34)38-35(40)24-13-11-22(12-14-24)20-37-36;14-11(15)5-9-7-12-6-8-3-1-2-4-10(8)13-9/h3-16,20-21,34H,1,17-19,36H2,2H3,(H,38,40);1-4,6-7,9H,5H2,(H,14,15). The van der Waals surface area contributed by atoms with Crippen LogP contribution in [-0.2, 0) is 22.4 Å². The monoisotopic (exact) mass is 727 g/mol. The highest BCUT2D eigenvalue weighted by Gasteiger charge is 2.37. The SMILES string of the molecule is C=Cc1ccccc1C1C(=O)CC(C)c2ccc3c(c21)CCc1c(NC(=O)c2ccc(C=NN)cc2)cccc1-3.O=C(O)CC1C=NC=c2ccccc2=N1. The van der Waals surface area contributed by atoms with Gasteiger partial charge in [0, 0.05) is 35.3 Å². The van der Waals surface area contributed by atoms with E-state index in [0.29, 0.717) is 12.0 Å². The number of fused-ring (bicyclic) bond motifs is 6. The van der Waals surface area contributed by atoms with E-state index in [4.69, 9.17) is 10.9 Å². The normalized spacial score (nSPS) is 17.8. The molecule has 4 N–H and O–H groups in total. The number of nitrogens with one attached hydrogen (secondary N) is 1. The fourth-order valence-electron chi connectivity index (χ4n) is 7.86. The first-order valence-electron chi connectivity index (χ1n) is 18.3. The van der Waals surface area contributed by atoms with E-state index in [9.17, 15) is 14.4 Å². The fraction of sp³-hybridized carbons (Fsp3) is 0.174. The van der Waals surface area contributed by atoms with Crippen LogP contribution in [0.2, 0.25) is 0 Å². The van der Waals surface area contributed by atoms with Gasteiger partial charge < -0.3 is 16.3 Å².